The first kappa shape index (κ1) is 21.5. The Kier molecular flexibility index (Phi) is 7.40. The van der Waals surface area contributed by atoms with Crippen LogP contribution in [-0.4, -0.2) is 79.4 Å². The van der Waals surface area contributed by atoms with Crippen molar-refractivity contribution in [3.8, 4) is 0 Å². The quantitative estimate of drug-likeness (QED) is 0.496. The second-order valence-electron chi connectivity index (χ2n) is 7.81. The third kappa shape index (κ3) is 5.65. The zero-order valence-corrected chi connectivity index (χ0v) is 16.9. The lowest BCUT2D eigenvalue weighted by Gasteiger charge is -2.33. The van der Waals surface area contributed by atoms with Crippen molar-refractivity contribution in [2.45, 2.75) is 37.8 Å². The SMILES string of the molecule is COCC(O)CN1CCC(NC(=O)c2ccc(N3CCCC3)c([N+](=O)[O-])c2)CC1. The number of ether oxygens (including phenoxy) is 1. The van der Waals surface area contributed by atoms with E-state index in [1.54, 1.807) is 19.2 Å². The molecular formula is C20H30N4O5. The first-order valence-corrected chi connectivity index (χ1v) is 10.2. The zero-order chi connectivity index (χ0) is 20.8. The van der Waals surface area contributed by atoms with Gasteiger partial charge < -0.3 is 25.0 Å². The molecule has 9 heteroatoms. The monoisotopic (exact) mass is 406 g/mol. The number of aliphatic hydroxyl groups excluding tert-OH is 1. The van der Waals surface area contributed by atoms with Crippen LogP contribution >= 0.6 is 0 Å². The summed E-state index contributed by atoms with van der Waals surface area (Å²) in [5.41, 5.74) is 0.895. The number of amides is 1. The highest BCUT2D eigenvalue weighted by Crippen LogP contribution is 2.31. The van der Waals surface area contributed by atoms with Crippen molar-refractivity contribution in [2.24, 2.45) is 0 Å². The van der Waals surface area contributed by atoms with E-state index in [0.29, 0.717) is 24.4 Å². The van der Waals surface area contributed by atoms with Gasteiger partial charge in [0.05, 0.1) is 17.6 Å². The highest BCUT2D eigenvalue weighted by Gasteiger charge is 2.26. The lowest BCUT2D eigenvalue weighted by Crippen LogP contribution is -2.47. The van der Waals surface area contributed by atoms with Crippen LogP contribution in [0.25, 0.3) is 0 Å². The average molecular weight is 406 g/mol. The van der Waals surface area contributed by atoms with E-state index in [9.17, 15) is 20.0 Å². The van der Waals surface area contributed by atoms with Gasteiger partial charge in [0.15, 0.2) is 0 Å². The van der Waals surface area contributed by atoms with Crippen LogP contribution in [0.5, 0.6) is 0 Å². The molecule has 160 valence electrons. The largest absolute Gasteiger partial charge is 0.389 e. The molecule has 2 heterocycles. The van der Waals surface area contributed by atoms with Crippen LogP contribution in [0.1, 0.15) is 36.0 Å². The number of methoxy groups -OCH3 is 1. The topological polar surface area (TPSA) is 108 Å². The molecule has 1 amide bonds. The van der Waals surface area contributed by atoms with Crippen LogP contribution in [0.4, 0.5) is 11.4 Å². The number of hydrogen-bond donors (Lipinski definition) is 2. The molecule has 1 aromatic carbocycles. The molecular weight excluding hydrogens is 376 g/mol. The first-order valence-electron chi connectivity index (χ1n) is 10.2. The van der Waals surface area contributed by atoms with Gasteiger partial charge in [0.1, 0.15) is 5.69 Å². The minimum absolute atomic E-state index is 0.0125. The number of piperidine rings is 1. The molecule has 2 saturated heterocycles. The number of carbonyl (C=O) groups is 1. The number of hydrogen-bond acceptors (Lipinski definition) is 7. The van der Waals surface area contributed by atoms with Gasteiger partial charge in [-0.25, -0.2) is 0 Å². The van der Waals surface area contributed by atoms with Crippen LogP contribution in [0.15, 0.2) is 18.2 Å². The highest BCUT2D eigenvalue weighted by atomic mass is 16.6. The molecule has 0 spiro atoms. The van der Waals surface area contributed by atoms with Crippen molar-refractivity contribution < 1.29 is 19.6 Å². The van der Waals surface area contributed by atoms with Gasteiger partial charge >= 0.3 is 0 Å². The number of nitro benzene ring substituents is 1. The number of rotatable bonds is 8. The number of likely N-dealkylation sites (tertiary alicyclic amines) is 1. The van der Waals surface area contributed by atoms with E-state index in [1.807, 2.05) is 4.90 Å². The Bertz CT molecular complexity index is 715. The maximum Gasteiger partial charge on any atom is 0.293 e. The molecule has 1 aromatic rings. The Morgan fingerprint density at radius 1 is 1.31 bits per heavy atom. The third-order valence-corrected chi connectivity index (χ3v) is 5.63. The van der Waals surface area contributed by atoms with Crippen LogP contribution in [-0.2, 0) is 4.74 Å². The molecule has 3 rings (SSSR count). The van der Waals surface area contributed by atoms with E-state index in [1.165, 1.54) is 6.07 Å². The molecule has 1 unspecified atom stereocenters. The van der Waals surface area contributed by atoms with Crippen LogP contribution in [0.3, 0.4) is 0 Å². The predicted octanol–water partition coefficient (Wildman–Crippen LogP) is 1.40. The normalized spacial score (nSPS) is 19.3. The van der Waals surface area contributed by atoms with Crippen LogP contribution in [0.2, 0.25) is 0 Å². The number of nitrogens with one attached hydrogen (secondary N) is 1. The second-order valence-corrected chi connectivity index (χ2v) is 7.81. The van der Waals surface area contributed by atoms with Gasteiger partial charge in [0.2, 0.25) is 0 Å². The van der Waals surface area contributed by atoms with Gasteiger partial charge in [0, 0.05) is 57.5 Å². The summed E-state index contributed by atoms with van der Waals surface area (Å²) in [7, 11) is 1.56. The van der Waals surface area contributed by atoms with Crippen LogP contribution < -0.4 is 10.2 Å². The van der Waals surface area contributed by atoms with Crippen molar-refractivity contribution in [2.75, 3.05) is 51.3 Å². The lowest BCUT2D eigenvalue weighted by atomic mass is 10.0. The Labute approximate surface area is 170 Å². The maximum absolute atomic E-state index is 12.6. The fraction of sp³-hybridized carbons (Fsp3) is 0.650. The minimum Gasteiger partial charge on any atom is -0.389 e. The Balaban J connectivity index is 1.57. The predicted molar refractivity (Wildman–Crippen MR) is 109 cm³/mol. The summed E-state index contributed by atoms with van der Waals surface area (Å²) in [6.07, 6.45) is 3.10. The van der Waals surface area contributed by atoms with Gasteiger partial charge in [-0.05, 0) is 37.8 Å². The number of β-amino-alcohol motifs (C(OH)–C–C–N with tert-alkyl or cyclic N) is 1. The average Bonchev–Trinajstić information content (AvgIpc) is 3.24. The van der Waals surface area contributed by atoms with Crippen molar-refractivity contribution >= 4 is 17.3 Å². The fourth-order valence-corrected chi connectivity index (χ4v) is 4.11. The van der Waals surface area contributed by atoms with E-state index in [-0.39, 0.29) is 17.6 Å². The van der Waals surface area contributed by atoms with E-state index >= 15 is 0 Å². The summed E-state index contributed by atoms with van der Waals surface area (Å²) < 4.78 is 4.95. The first-order chi connectivity index (χ1) is 14.0. The summed E-state index contributed by atoms with van der Waals surface area (Å²) in [4.78, 5) is 27.9. The van der Waals surface area contributed by atoms with Crippen molar-refractivity contribution in [1.29, 1.82) is 0 Å². The molecule has 2 fully saturated rings. The number of aliphatic hydroxyl groups is 1. The number of benzene rings is 1. The smallest absolute Gasteiger partial charge is 0.293 e. The molecule has 0 radical (unpaired) electrons. The molecule has 29 heavy (non-hydrogen) atoms. The molecule has 0 saturated carbocycles. The number of carbonyl (C=O) groups excluding carboxylic acids is 1. The zero-order valence-electron chi connectivity index (χ0n) is 16.9. The summed E-state index contributed by atoms with van der Waals surface area (Å²) in [5.74, 6) is -0.279. The Morgan fingerprint density at radius 2 is 2.00 bits per heavy atom. The maximum atomic E-state index is 12.6. The van der Waals surface area contributed by atoms with Crippen molar-refractivity contribution in [3.05, 3.63) is 33.9 Å². The molecule has 0 aliphatic carbocycles. The second kappa shape index (κ2) is 10.00. The molecule has 2 N–H and O–H groups in total. The van der Waals surface area contributed by atoms with E-state index in [2.05, 4.69) is 10.2 Å². The molecule has 2 aliphatic rings. The van der Waals surface area contributed by atoms with Crippen LogP contribution in [0, 0.1) is 10.1 Å². The molecule has 2 aliphatic heterocycles. The summed E-state index contributed by atoms with van der Waals surface area (Å²) >= 11 is 0. The van der Waals surface area contributed by atoms with E-state index in [4.69, 9.17) is 4.74 Å². The van der Waals surface area contributed by atoms with Gasteiger partial charge in [0.25, 0.3) is 11.6 Å². The Hall–Kier alpha value is -2.23. The standard InChI is InChI=1S/C20H30N4O5/c1-29-14-17(25)13-22-10-6-16(7-11-22)21-20(26)15-4-5-18(19(12-15)24(27)28)23-8-2-3-9-23/h4-5,12,16-17,25H,2-3,6-11,13-14H2,1H3,(H,21,26). The summed E-state index contributed by atoms with van der Waals surface area (Å²) in [5, 5.41) is 24.4. The van der Waals surface area contributed by atoms with Gasteiger partial charge in [-0.15, -0.1) is 0 Å². The molecule has 0 bridgehead atoms. The van der Waals surface area contributed by atoms with E-state index < -0.39 is 11.0 Å². The van der Waals surface area contributed by atoms with E-state index in [0.717, 1.165) is 51.9 Å². The third-order valence-electron chi connectivity index (χ3n) is 5.63. The fourth-order valence-electron chi connectivity index (χ4n) is 4.11. The molecule has 0 aromatic heterocycles. The minimum atomic E-state index is -0.513. The Morgan fingerprint density at radius 3 is 2.62 bits per heavy atom. The number of nitro groups is 1. The van der Waals surface area contributed by atoms with Gasteiger partial charge in [-0.2, -0.15) is 0 Å². The lowest BCUT2D eigenvalue weighted by molar-refractivity contribution is -0.384. The van der Waals surface area contributed by atoms with Crippen molar-refractivity contribution in [1.82, 2.24) is 10.2 Å². The molecule has 9 nitrogen and oxygen atoms in total. The summed E-state index contributed by atoms with van der Waals surface area (Å²) in [6, 6.07) is 4.78. The molecule has 1 atom stereocenters. The van der Waals surface area contributed by atoms with Gasteiger partial charge in [-0.1, -0.05) is 0 Å². The van der Waals surface area contributed by atoms with Crippen molar-refractivity contribution in [3.63, 3.8) is 0 Å². The highest BCUT2D eigenvalue weighted by molar-refractivity contribution is 5.96. The number of anilines is 1. The number of nitrogens with zero attached hydrogens (tertiary/aromatic N) is 3. The van der Waals surface area contributed by atoms with Gasteiger partial charge in [-0.3, -0.25) is 14.9 Å². The summed E-state index contributed by atoms with van der Waals surface area (Å²) in [6.45, 7) is 4.04.